The molecule has 0 radical (unpaired) electrons. The minimum absolute atomic E-state index is 0.0110. The summed E-state index contributed by atoms with van der Waals surface area (Å²) in [4.78, 5) is 1.15. The summed E-state index contributed by atoms with van der Waals surface area (Å²) in [6.07, 6.45) is 0. The molecule has 0 heterocycles. The molecular formula is C52H39N. The van der Waals surface area contributed by atoms with Crippen molar-refractivity contribution >= 4 is 17.1 Å². The van der Waals surface area contributed by atoms with Crippen molar-refractivity contribution in [1.82, 2.24) is 0 Å². The van der Waals surface area contributed by atoms with Gasteiger partial charge >= 0.3 is 0 Å². The Labute approximate surface area is 337 Å². The minimum Gasteiger partial charge on any atom is -0.310 e. The van der Waals surface area contributed by atoms with Gasteiger partial charge < -0.3 is 4.90 Å². The smallest absolute Gasteiger partial charge is 0.0713 e. The number of anilines is 3. The fourth-order valence-corrected chi connectivity index (χ4v) is 7.85. The molecule has 2 aliphatic carbocycles. The van der Waals surface area contributed by atoms with Crippen LogP contribution in [-0.2, 0) is 10.8 Å². The first-order valence-corrected chi connectivity index (χ1v) is 17.1. The maximum Gasteiger partial charge on any atom is 0.0713 e. The first-order chi connectivity index (χ1) is 33.4. The summed E-state index contributed by atoms with van der Waals surface area (Å²) in [5, 5.41) is 0. The van der Waals surface area contributed by atoms with E-state index in [4.69, 9.17) is 13.7 Å². The second-order valence-electron chi connectivity index (χ2n) is 13.4. The monoisotopic (exact) mass is 695 g/mol. The molecule has 0 saturated heterocycles. The molecule has 0 spiro atoms. The first-order valence-electron chi connectivity index (χ1n) is 26.1. The zero-order chi connectivity index (χ0) is 51.2. The molecule has 0 saturated carbocycles. The number of hydrogen-bond acceptors (Lipinski definition) is 1. The van der Waals surface area contributed by atoms with E-state index in [-0.39, 0.29) is 146 Å². The van der Waals surface area contributed by atoms with E-state index < -0.39 is 35.0 Å². The Bertz CT molecular complexity index is 3550. The van der Waals surface area contributed by atoms with Crippen LogP contribution in [0.25, 0.3) is 33.4 Å². The van der Waals surface area contributed by atoms with Crippen LogP contribution in [-0.4, -0.2) is 0 Å². The van der Waals surface area contributed by atoms with E-state index in [2.05, 4.69) is 0 Å². The Kier molecular flexibility index (Phi) is 4.07. The summed E-state index contributed by atoms with van der Waals surface area (Å²) in [6, 6.07) is 15.7. The summed E-state index contributed by atoms with van der Waals surface area (Å²) < 4.78 is 164. The zero-order valence-corrected chi connectivity index (χ0v) is 28.6. The molecule has 0 N–H and O–H groups in total. The maximum atomic E-state index is 10.0. The molecule has 0 bridgehead atoms. The summed E-state index contributed by atoms with van der Waals surface area (Å²) in [5.74, 6) is 0. The van der Waals surface area contributed by atoms with Gasteiger partial charge in [-0.1, -0.05) is 177 Å². The predicted molar refractivity (Wildman–Crippen MR) is 221 cm³/mol. The molecule has 0 amide bonds. The van der Waals surface area contributed by atoms with E-state index in [0.717, 1.165) is 4.90 Å². The van der Waals surface area contributed by atoms with Crippen molar-refractivity contribution in [2.24, 2.45) is 0 Å². The molecule has 1 nitrogen and oxygen atoms in total. The Morgan fingerprint density at radius 1 is 0.396 bits per heavy atom. The van der Waals surface area contributed by atoms with Crippen LogP contribution >= 0.6 is 0 Å². The van der Waals surface area contributed by atoms with Crippen LogP contribution in [0.15, 0.2) is 200 Å². The average Bonchev–Trinajstić information content (AvgIpc) is 3.64. The third-order valence-corrected chi connectivity index (χ3v) is 10.3. The van der Waals surface area contributed by atoms with E-state index in [9.17, 15) is 11.0 Å². The molecule has 0 fully saturated rings. The average molecular weight is 696 g/mol. The SMILES string of the molecule is [2H]c1cc([2H])c(-c2cc([2H])c(N(c3c([2H])cc(C4(c5c([2H])cc([2H])cc5[2H])c5cc([2H])cc([2H])c5-c5c([2H])cc([2H])cc54)cc3[2H])c3c([2H])cc4c(c3[2H])C(C)(C)c3cc([2H])cc([2H])c3-4)c([2H])c2)c([2H])c1. The van der Waals surface area contributed by atoms with E-state index in [1.807, 2.05) is 13.8 Å². The van der Waals surface area contributed by atoms with Crippen molar-refractivity contribution in [1.29, 1.82) is 0 Å². The van der Waals surface area contributed by atoms with Crippen molar-refractivity contribution < 1.29 is 24.7 Å². The Morgan fingerprint density at radius 3 is 1.49 bits per heavy atom. The van der Waals surface area contributed by atoms with Gasteiger partial charge in [-0.15, -0.1) is 0 Å². The van der Waals surface area contributed by atoms with Gasteiger partial charge in [0, 0.05) is 22.5 Å². The number of fused-ring (bicyclic) bond motifs is 6. The van der Waals surface area contributed by atoms with E-state index in [0.29, 0.717) is 22.3 Å². The molecular weight excluding hydrogens is 639 g/mol. The fraction of sp³-hybridized carbons (Fsp3) is 0.0769. The van der Waals surface area contributed by atoms with E-state index in [1.54, 1.807) is 6.07 Å². The zero-order valence-electron chi connectivity index (χ0n) is 46.6. The van der Waals surface area contributed by atoms with Crippen LogP contribution in [0.4, 0.5) is 17.1 Å². The van der Waals surface area contributed by atoms with Gasteiger partial charge in [-0.3, -0.25) is 0 Å². The Hall–Kier alpha value is -6.44. The van der Waals surface area contributed by atoms with Crippen molar-refractivity contribution in [2.45, 2.75) is 24.7 Å². The molecule has 0 unspecified atom stereocenters. The highest BCUT2D eigenvalue weighted by molar-refractivity contribution is 5.88. The topological polar surface area (TPSA) is 3.24 Å². The lowest BCUT2D eigenvalue weighted by atomic mass is 9.68. The highest BCUT2D eigenvalue weighted by Gasteiger charge is 2.46. The molecule has 0 atom stereocenters. The van der Waals surface area contributed by atoms with Crippen LogP contribution in [0.1, 0.15) is 71.9 Å². The standard InChI is InChI=1S/C52H39N/c1-51(2)47-22-12-9-19-43(47)46-34-33-42(35-50(46)51)53(40-29-25-37(26-30-40)36-15-5-3-6-16-36)41-31-27-39(28-32-41)52(38-17-7-4-8-18-38)48-23-13-10-20-44(48)45-21-11-14-24-49(45)52/h3-35H,1-2H3/i3D,4D,12D,13D,14D,15D,16D,17D,18D,19D,20D,21D,29D,30D,31D,32D,33D,35D. The number of rotatable bonds is 6. The van der Waals surface area contributed by atoms with Crippen molar-refractivity contribution in [2.75, 3.05) is 4.90 Å². The highest BCUT2D eigenvalue weighted by atomic mass is 15.1. The van der Waals surface area contributed by atoms with Gasteiger partial charge in [0.1, 0.15) is 0 Å². The fourth-order valence-electron chi connectivity index (χ4n) is 7.85. The number of benzene rings is 8. The van der Waals surface area contributed by atoms with Gasteiger partial charge in [-0.25, -0.2) is 0 Å². The minimum atomic E-state index is -1.95. The Balaban J connectivity index is 1.31. The molecule has 252 valence electrons. The molecule has 10 rings (SSSR count). The molecule has 8 aromatic rings. The van der Waals surface area contributed by atoms with Gasteiger partial charge in [-0.2, -0.15) is 0 Å². The van der Waals surface area contributed by atoms with Crippen molar-refractivity contribution in [3.63, 3.8) is 0 Å². The summed E-state index contributed by atoms with van der Waals surface area (Å²) in [7, 11) is 0. The molecule has 8 aromatic carbocycles. The molecule has 0 aromatic heterocycles. The van der Waals surface area contributed by atoms with Gasteiger partial charge in [0.25, 0.3) is 0 Å². The molecule has 1 heteroatoms. The van der Waals surface area contributed by atoms with Crippen LogP contribution in [0.5, 0.6) is 0 Å². The van der Waals surface area contributed by atoms with Gasteiger partial charge in [0.15, 0.2) is 0 Å². The number of hydrogen-bond donors (Lipinski definition) is 0. The van der Waals surface area contributed by atoms with Crippen molar-refractivity contribution in [3.05, 3.63) is 233 Å². The lowest BCUT2D eigenvalue weighted by Gasteiger charge is -2.34. The van der Waals surface area contributed by atoms with E-state index in [1.165, 1.54) is 84.9 Å². The lowest BCUT2D eigenvalue weighted by Crippen LogP contribution is -2.28. The highest BCUT2D eigenvalue weighted by Crippen LogP contribution is 2.56. The van der Waals surface area contributed by atoms with Crippen LogP contribution in [0.3, 0.4) is 0 Å². The van der Waals surface area contributed by atoms with Gasteiger partial charge in [0.2, 0.25) is 0 Å². The summed E-state index contributed by atoms with van der Waals surface area (Å²) in [6.45, 7) is 3.62. The molecule has 0 aliphatic heterocycles. The second kappa shape index (κ2) is 12.1. The summed E-state index contributed by atoms with van der Waals surface area (Å²) >= 11 is 0. The van der Waals surface area contributed by atoms with Crippen LogP contribution in [0.2, 0.25) is 0 Å². The Morgan fingerprint density at radius 2 is 0.887 bits per heavy atom. The molecule has 53 heavy (non-hydrogen) atoms. The predicted octanol–water partition coefficient (Wildman–Crippen LogP) is 13.5. The maximum absolute atomic E-state index is 10.0. The van der Waals surface area contributed by atoms with Crippen LogP contribution in [0, 0.1) is 0 Å². The molecule has 2 aliphatic rings. The van der Waals surface area contributed by atoms with Gasteiger partial charge in [0.05, 0.1) is 30.1 Å². The third-order valence-electron chi connectivity index (χ3n) is 10.3. The van der Waals surface area contributed by atoms with Crippen molar-refractivity contribution in [3.8, 4) is 33.4 Å². The summed E-state index contributed by atoms with van der Waals surface area (Å²) in [5.41, 5.74) is -1.33. The number of nitrogens with zero attached hydrogens (tertiary/aromatic N) is 1. The first kappa shape index (κ1) is 17.9. The van der Waals surface area contributed by atoms with E-state index >= 15 is 0 Å². The van der Waals surface area contributed by atoms with Gasteiger partial charge in [-0.05, 0) is 103 Å². The third kappa shape index (κ3) is 4.70. The normalized spacial score (nSPS) is 18.9. The lowest BCUT2D eigenvalue weighted by molar-refractivity contribution is 0.660. The quantitative estimate of drug-likeness (QED) is 0.167. The van der Waals surface area contributed by atoms with Crippen LogP contribution < -0.4 is 4.90 Å². The second-order valence-corrected chi connectivity index (χ2v) is 13.4. The largest absolute Gasteiger partial charge is 0.310 e.